The van der Waals surface area contributed by atoms with Crippen molar-refractivity contribution >= 4 is 26.9 Å². The second-order valence-corrected chi connectivity index (χ2v) is 9.91. The van der Waals surface area contributed by atoms with Gasteiger partial charge in [-0.15, -0.1) is 0 Å². The Hall–Kier alpha value is -2.20. The van der Waals surface area contributed by atoms with Crippen LogP contribution in [0.1, 0.15) is 16.8 Å². The first-order valence-electron chi connectivity index (χ1n) is 9.06. The van der Waals surface area contributed by atoms with Gasteiger partial charge in [-0.25, -0.2) is 18.2 Å². The predicted octanol–water partition coefficient (Wildman–Crippen LogP) is -0.310. The molecule has 2 aliphatic rings. The number of hydrogen-bond donors (Lipinski definition) is 2. The second kappa shape index (κ2) is 6.75. The summed E-state index contributed by atoms with van der Waals surface area (Å²) in [6, 6.07) is 1.66. The maximum atomic E-state index is 12.9. The average molecular weight is 393 g/mol. The van der Waals surface area contributed by atoms with Crippen LogP contribution in [0.2, 0.25) is 0 Å². The molecule has 2 atom stereocenters. The molecule has 0 saturated carbocycles. The molecule has 0 aromatic carbocycles. The summed E-state index contributed by atoms with van der Waals surface area (Å²) in [5, 5.41) is 0. The third kappa shape index (κ3) is 3.91. The summed E-state index contributed by atoms with van der Waals surface area (Å²) in [6.45, 7) is 3.63. The minimum Gasteiger partial charge on any atom is -0.338 e. The van der Waals surface area contributed by atoms with Gasteiger partial charge in [0.25, 0.3) is 5.91 Å². The van der Waals surface area contributed by atoms with Crippen LogP contribution < -0.4 is 5.69 Å². The Bertz CT molecular complexity index is 1030. The summed E-state index contributed by atoms with van der Waals surface area (Å²) >= 11 is 0. The van der Waals surface area contributed by atoms with Crippen molar-refractivity contribution in [2.24, 2.45) is 11.8 Å². The first-order chi connectivity index (χ1) is 12.8. The smallest absolute Gasteiger partial charge is 0.325 e. The van der Waals surface area contributed by atoms with Gasteiger partial charge in [-0.2, -0.15) is 0 Å². The number of rotatable bonds is 4. The van der Waals surface area contributed by atoms with Crippen molar-refractivity contribution in [1.82, 2.24) is 24.8 Å². The molecule has 0 radical (unpaired) electrons. The molecule has 146 valence electrons. The molecule has 9 nitrogen and oxygen atoms in total. The molecule has 2 fully saturated rings. The number of likely N-dealkylation sites (tertiary alicyclic amines) is 2. The molecule has 0 spiro atoms. The lowest BCUT2D eigenvalue weighted by Gasteiger charge is -2.33. The van der Waals surface area contributed by atoms with Crippen LogP contribution in [0.5, 0.6) is 0 Å². The maximum absolute atomic E-state index is 12.9. The molecular weight excluding hydrogens is 370 g/mol. The number of imidazole rings is 1. The Balaban J connectivity index is 1.42. The van der Waals surface area contributed by atoms with Gasteiger partial charge in [0, 0.05) is 38.6 Å². The van der Waals surface area contributed by atoms with E-state index in [0.29, 0.717) is 48.2 Å². The number of carbonyl (C=O) groups excluding carboxylic acids is 1. The fourth-order valence-corrected chi connectivity index (χ4v) is 4.72. The zero-order valence-corrected chi connectivity index (χ0v) is 16.0. The van der Waals surface area contributed by atoms with E-state index < -0.39 is 9.84 Å². The summed E-state index contributed by atoms with van der Waals surface area (Å²) in [7, 11) is -2.96. The third-order valence-electron chi connectivity index (χ3n) is 5.57. The van der Waals surface area contributed by atoms with E-state index in [0.717, 1.165) is 19.5 Å². The highest BCUT2D eigenvalue weighted by atomic mass is 32.2. The number of H-pyrrole nitrogens is 2. The monoisotopic (exact) mass is 393 g/mol. The molecule has 4 rings (SSSR count). The topological polar surface area (TPSA) is 119 Å². The van der Waals surface area contributed by atoms with Crippen LogP contribution >= 0.6 is 0 Å². The number of piperidine rings is 1. The molecule has 4 heterocycles. The molecule has 2 N–H and O–H groups in total. The van der Waals surface area contributed by atoms with Gasteiger partial charge in [0.1, 0.15) is 9.84 Å². The molecule has 2 aliphatic heterocycles. The average Bonchev–Trinajstić information content (AvgIpc) is 3.19. The normalized spacial score (nSPS) is 23.7. The van der Waals surface area contributed by atoms with E-state index in [1.165, 1.54) is 12.5 Å². The second-order valence-electron chi connectivity index (χ2n) is 7.65. The molecule has 2 saturated heterocycles. The highest BCUT2D eigenvalue weighted by Crippen LogP contribution is 2.32. The van der Waals surface area contributed by atoms with Crippen LogP contribution in [0.15, 0.2) is 17.1 Å². The Morgan fingerprint density at radius 2 is 2.04 bits per heavy atom. The van der Waals surface area contributed by atoms with Crippen molar-refractivity contribution in [3.63, 3.8) is 0 Å². The van der Waals surface area contributed by atoms with E-state index in [1.54, 1.807) is 6.07 Å². The number of fused-ring (bicyclic) bond motifs is 2. The van der Waals surface area contributed by atoms with Gasteiger partial charge in [0.15, 0.2) is 5.65 Å². The molecule has 27 heavy (non-hydrogen) atoms. The zero-order valence-electron chi connectivity index (χ0n) is 15.1. The van der Waals surface area contributed by atoms with Crippen molar-refractivity contribution in [3.05, 3.63) is 28.3 Å². The van der Waals surface area contributed by atoms with Crippen LogP contribution in [0.25, 0.3) is 11.2 Å². The van der Waals surface area contributed by atoms with E-state index >= 15 is 0 Å². The van der Waals surface area contributed by atoms with Crippen LogP contribution in [0, 0.1) is 11.8 Å². The number of sulfone groups is 1. The first-order valence-corrected chi connectivity index (χ1v) is 11.1. The molecule has 2 aromatic rings. The molecule has 0 unspecified atom stereocenters. The minimum absolute atomic E-state index is 0.0801. The van der Waals surface area contributed by atoms with E-state index in [4.69, 9.17) is 0 Å². The van der Waals surface area contributed by atoms with E-state index in [1.807, 2.05) is 4.90 Å². The molecule has 0 bridgehead atoms. The molecule has 2 aromatic heterocycles. The number of hydrogen-bond acceptors (Lipinski definition) is 6. The van der Waals surface area contributed by atoms with Gasteiger partial charge >= 0.3 is 5.69 Å². The van der Waals surface area contributed by atoms with Gasteiger partial charge in [0.05, 0.1) is 16.8 Å². The van der Waals surface area contributed by atoms with Crippen LogP contribution in [0.3, 0.4) is 0 Å². The van der Waals surface area contributed by atoms with Gasteiger partial charge in [0.2, 0.25) is 0 Å². The highest BCUT2D eigenvalue weighted by molar-refractivity contribution is 7.90. The van der Waals surface area contributed by atoms with E-state index in [-0.39, 0.29) is 17.3 Å². The molecule has 0 aliphatic carbocycles. The van der Waals surface area contributed by atoms with Crippen molar-refractivity contribution in [3.8, 4) is 0 Å². The lowest BCUT2D eigenvalue weighted by molar-refractivity contribution is 0.0783. The SMILES string of the molecule is CS(=O)(=O)CCN1CC[C@@H]2CN(C(=O)c3cnc4[nH]c(=O)[nH]c4c3)C[C@@H]2C1. The minimum atomic E-state index is -2.96. The Kier molecular flexibility index (Phi) is 4.55. The Labute approximate surface area is 156 Å². The number of pyridine rings is 1. The molecule has 1 amide bonds. The van der Waals surface area contributed by atoms with Gasteiger partial charge < -0.3 is 14.8 Å². The number of amides is 1. The van der Waals surface area contributed by atoms with Crippen molar-refractivity contribution in [2.45, 2.75) is 6.42 Å². The number of carbonyl (C=O) groups is 1. The van der Waals surface area contributed by atoms with Crippen LogP contribution in [0.4, 0.5) is 0 Å². The van der Waals surface area contributed by atoms with Gasteiger partial charge in [-0.1, -0.05) is 0 Å². The van der Waals surface area contributed by atoms with Crippen molar-refractivity contribution in [1.29, 1.82) is 0 Å². The van der Waals surface area contributed by atoms with Crippen LogP contribution in [-0.2, 0) is 9.84 Å². The largest absolute Gasteiger partial charge is 0.338 e. The van der Waals surface area contributed by atoms with Crippen molar-refractivity contribution < 1.29 is 13.2 Å². The number of nitrogens with one attached hydrogen (secondary N) is 2. The van der Waals surface area contributed by atoms with Crippen LogP contribution in [-0.4, -0.2) is 83.8 Å². The van der Waals surface area contributed by atoms with E-state index in [9.17, 15) is 18.0 Å². The summed E-state index contributed by atoms with van der Waals surface area (Å²) in [5.74, 6) is 0.912. The highest BCUT2D eigenvalue weighted by Gasteiger charge is 2.39. The first kappa shape index (κ1) is 18.2. The maximum Gasteiger partial charge on any atom is 0.325 e. The molecule has 10 heteroatoms. The number of aromatic amines is 2. The van der Waals surface area contributed by atoms with Crippen molar-refractivity contribution in [2.75, 3.05) is 44.7 Å². The summed E-state index contributed by atoms with van der Waals surface area (Å²) in [6.07, 6.45) is 3.73. The fourth-order valence-electron chi connectivity index (χ4n) is 4.13. The van der Waals surface area contributed by atoms with E-state index in [2.05, 4.69) is 19.9 Å². The lowest BCUT2D eigenvalue weighted by atomic mass is 9.89. The van der Waals surface area contributed by atoms with Gasteiger partial charge in [-0.05, 0) is 30.9 Å². The zero-order chi connectivity index (χ0) is 19.2. The third-order valence-corrected chi connectivity index (χ3v) is 6.49. The molecular formula is C17H23N5O4S. The number of nitrogens with zero attached hydrogens (tertiary/aromatic N) is 3. The fraction of sp³-hybridized carbons (Fsp3) is 0.588. The number of aromatic nitrogens is 3. The lowest BCUT2D eigenvalue weighted by Crippen LogP contribution is -2.42. The summed E-state index contributed by atoms with van der Waals surface area (Å²) < 4.78 is 22.8. The Morgan fingerprint density at radius 3 is 2.81 bits per heavy atom. The van der Waals surface area contributed by atoms with Gasteiger partial charge in [-0.3, -0.25) is 9.78 Å². The summed E-state index contributed by atoms with van der Waals surface area (Å²) in [4.78, 5) is 37.6. The quantitative estimate of drug-likeness (QED) is 0.735. The standard InChI is InChI=1S/C17H23N5O4S/c1-27(25,26)5-4-21-3-2-11-9-22(10-13(11)8-21)16(23)12-6-14-15(18-7-12)20-17(24)19-14/h6-7,11,13H,2-5,8-10H2,1H3,(H2,18,19,20,24)/t11-,13+/m1/s1. The predicted molar refractivity (Wildman–Crippen MR) is 100 cm³/mol. The summed E-state index contributed by atoms with van der Waals surface area (Å²) in [5.41, 5.74) is 1.08. The Morgan fingerprint density at radius 1 is 1.26 bits per heavy atom.